The number of hydrogen-bond donors (Lipinski definition) is 2. The molecule has 1 aromatic carbocycles. The highest BCUT2D eigenvalue weighted by molar-refractivity contribution is 7.16. The Balaban J connectivity index is 1.40. The second-order valence-electron chi connectivity index (χ2n) is 6.94. The molecule has 4 rings (SSSR count). The first kappa shape index (κ1) is 18.7. The molecule has 1 unspecified atom stereocenters. The first-order valence-electron chi connectivity index (χ1n) is 9.64. The Morgan fingerprint density at radius 1 is 1.25 bits per heavy atom. The van der Waals surface area contributed by atoms with Crippen LogP contribution in [0.5, 0.6) is 11.5 Å². The van der Waals surface area contributed by atoms with Gasteiger partial charge in [0.15, 0.2) is 16.6 Å². The van der Waals surface area contributed by atoms with Crippen molar-refractivity contribution in [3.8, 4) is 11.5 Å². The maximum absolute atomic E-state index is 12.5. The van der Waals surface area contributed by atoms with E-state index in [1.807, 2.05) is 0 Å². The number of nitrogens with zero attached hydrogens (tertiary/aromatic N) is 1. The van der Waals surface area contributed by atoms with Gasteiger partial charge in [0.05, 0.1) is 11.6 Å². The van der Waals surface area contributed by atoms with Gasteiger partial charge < -0.3 is 14.8 Å². The number of hydrogen-bond acceptors (Lipinski definition) is 6. The summed E-state index contributed by atoms with van der Waals surface area (Å²) in [7, 11) is 0. The van der Waals surface area contributed by atoms with Gasteiger partial charge in [0.1, 0.15) is 0 Å². The largest absolute Gasteiger partial charge is 0.454 e. The summed E-state index contributed by atoms with van der Waals surface area (Å²) in [4.78, 5) is 30.6. The standard InChI is InChI=1S/C20H23N3O4S/c1-2-3-4-9-21-19(25)13-6-8-16-17(13)22-20(28-16)23-18(24)12-5-7-14-15(10-12)27-11-26-14/h5,7,10,13H,2-4,6,8-9,11H2,1H3,(H,21,25)(H,22,23,24). The second-order valence-corrected chi connectivity index (χ2v) is 8.02. The van der Waals surface area contributed by atoms with Crippen molar-refractivity contribution < 1.29 is 19.1 Å². The summed E-state index contributed by atoms with van der Waals surface area (Å²) in [6.45, 7) is 3.01. The minimum Gasteiger partial charge on any atom is -0.454 e. The van der Waals surface area contributed by atoms with E-state index in [-0.39, 0.29) is 24.5 Å². The van der Waals surface area contributed by atoms with Gasteiger partial charge in [0.25, 0.3) is 5.91 Å². The number of amides is 2. The van der Waals surface area contributed by atoms with E-state index >= 15 is 0 Å². The zero-order chi connectivity index (χ0) is 19.5. The fourth-order valence-electron chi connectivity index (χ4n) is 3.45. The normalized spacial score (nSPS) is 16.7. The van der Waals surface area contributed by atoms with Gasteiger partial charge in [-0.25, -0.2) is 4.98 Å². The maximum Gasteiger partial charge on any atom is 0.257 e. The van der Waals surface area contributed by atoms with Crippen LogP contribution in [0.1, 0.15) is 59.5 Å². The molecule has 2 amide bonds. The monoisotopic (exact) mass is 401 g/mol. The topological polar surface area (TPSA) is 89.6 Å². The van der Waals surface area contributed by atoms with Crippen LogP contribution < -0.4 is 20.1 Å². The number of benzene rings is 1. The van der Waals surface area contributed by atoms with Crippen molar-refractivity contribution in [1.29, 1.82) is 0 Å². The summed E-state index contributed by atoms with van der Waals surface area (Å²) >= 11 is 1.44. The number of unbranched alkanes of at least 4 members (excludes halogenated alkanes) is 2. The highest BCUT2D eigenvalue weighted by Crippen LogP contribution is 2.39. The van der Waals surface area contributed by atoms with Crippen molar-refractivity contribution in [2.75, 3.05) is 18.7 Å². The fourth-order valence-corrected chi connectivity index (χ4v) is 4.49. The van der Waals surface area contributed by atoms with Crippen molar-refractivity contribution in [3.63, 3.8) is 0 Å². The van der Waals surface area contributed by atoms with Crippen molar-refractivity contribution >= 4 is 28.3 Å². The van der Waals surface area contributed by atoms with Crippen molar-refractivity contribution in [1.82, 2.24) is 10.3 Å². The lowest BCUT2D eigenvalue weighted by molar-refractivity contribution is -0.122. The number of carbonyl (C=O) groups excluding carboxylic acids is 2. The number of aryl methyl sites for hydroxylation is 1. The molecule has 8 heteroatoms. The molecule has 1 aliphatic heterocycles. The van der Waals surface area contributed by atoms with Crippen molar-refractivity contribution in [3.05, 3.63) is 34.3 Å². The number of anilines is 1. The van der Waals surface area contributed by atoms with Crippen LogP contribution in [0.2, 0.25) is 0 Å². The molecule has 148 valence electrons. The Kier molecular flexibility index (Phi) is 5.47. The highest BCUT2D eigenvalue weighted by Gasteiger charge is 2.32. The molecule has 1 atom stereocenters. The van der Waals surface area contributed by atoms with Crippen LogP contribution in [0, 0.1) is 0 Å². The van der Waals surface area contributed by atoms with E-state index in [2.05, 4.69) is 22.5 Å². The molecule has 0 saturated heterocycles. The summed E-state index contributed by atoms with van der Waals surface area (Å²) < 4.78 is 10.6. The smallest absolute Gasteiger partial charge is 0.257 e. The van der Waals surface area contributed by atoms with Crippen molar-refractivity contribution in [2.24, 2.45) is 0 Å². The quantitative estimate of drug-likeness (QED) is 0.694. The van der Waals surface area contributed by atoms with Gasteiger partial charge in [-0.2, -0.15) is 0 Å². The SMILES string of the molecule is CCCCCNC(=O)C1CCc2sc(NC(=O)c3ccc4c(c3)OCO4)nc21. The van der Waals surface area contributed by atoms with Crippen LogP contribution in [0.25, 0.3) is 0 Å². The third-order valence-corrected chi connectivity index (χ3v) is 6.02. The average Bonchev–Trinajstić information content (AvgIpc) is 3.39. The number of nitrogens with one attached hydrogen (secondary N) is 2. The lowest BCUT2D eigenvalue weighted by Crippen LogP contribution is -2.29. The number of ether oxygens (including phenoxy) is 2. The Bertz CT molecular complexity index is 896. The van der Waals surface area contributed by atoms with E-state index in [9.17, 15) is 9.59 Å². The number of fused-ring (bicyclic) bond motifs is 2. The number of carbonyl (C=O) groups is 2. The van der Waals surface area contributed by atoms with E-state index in [0.717, 1.165) is 42.7 Å². The predicted molar refractivity (Wildman–Crippen MR) is 106 cm³/mol. The second kappa shape index (κ2) is 8.18. The van der Waals surface area contributed by atoms with Crippen LogP contribution >= 0.6 is 11.3 Å². The lowest BCUT2D eigenvalue weighted by atomic mass is 10.1. The van der Waals surface area contributed by atoms with Gasteiger partial charge in [0, 0.05) is 17.0 Å². The number of rotatable bonds is 7. The summed E-state index contributed by atoms with van der Waals surface area (Å²) in [5.41, 5.74) is 1.28. The van der Waals surface area contributed by atoms with E-state index in [1.54, 1.807) is 18.2 Å². The van der Waals surface area contributed by atoms with Crippen molar-refractivity contribution in [2.45, 2.75) is 44.9 Å². The Morgan fingerprint density at radius 2 is 2.11 bits per heavy atom. The van der Waals surface area contributed by atoms with E-state index < -0.39 is 0 Å². The number of thiazole rings is 1. The highest BCUT2D eigenvalue weighted by atomic mass is 32.1. The van der Waals surface area contributed by atoms with Crippen LogP contribution in [0.4, 0.5) is 5.13 Å². The number of aromatic nitrogens is 1. The van der Waals surface area contributed by atoms with E-state index in [4.69, 9.17) is 9.47 Å². The van der Waals surface area contributed by atoms with Gasteiger partial charge in [-0.3, -0.25) is 14.9 Å². The van der Waals surface area contributed by atoms with Gasteiger partial charge in [-0.15, -0.1) is 11.3 Å². The van der Waals surface area contributed by atoms with Gasteiger partial charge in [-0.05, 0) is 37.5 Å². The minimum atomic E-state index is -0.258. The maximum atomic E-state index is 12.5. The zero-order valence-electron chi connectivity index (χ0n) is 15.7. The minimum absolute atomic E-state index is 0.0359. The van der Waals surface area contributed by atoms with Gasteiger partial charge >= 0.3 is 0 Å². The zero-order valence-corrected chi connectivity index (χ0v) is 16.6. The molecule has 7 nitrogen and oxygen atoms in total. The summed E-state index contributed by atoms with van der Waals surface area (Å²) in [5.74, 6) is 0.760. The molecule has 28 heavy (non-hydrogen) atoms. The third kappa shape index (κ3) is 3.82. The van der Waals surface area contributed by atoms with Gasteiger partial charge in [0.2, 0.25) is 12.7 Å². The van der Waals surface area contributed by atoms with E-state index in [0.29, 0.717) is 28.7 Å². The lowest BCUT2D eigenvalue weighted by Gasteiger charge is -2.10. The molecular weight excluding hydrogens is 378 g/mol. The third-order valence-electron chi connectivity index (χ3n) is 4.97. The molecule has 0 bridgehead atoms. The van der Waals surface area contributed by atoms with Crippen LogP contribution in [-0.4, -0.2) is 30.1 Å². The fraction of sp³-hybridized carbons (Fsp3) is 0.450. The molecule has 2 N–H and O–H groups in total. The molecule has 2 heterocycles. The Labute approximate surface area is 167 Å². The Hall–Kier alpha value is -2.61. The van der Waals surface area contributed by atoms with Crippen LogP contribution in [-0.2, 0) is 11.2 Å². The molecular formula is C20H23N3O4S. The molecule has 0 spiro atoms. The molecule has 0 radical (unpaired) electrons. The molecule has 1 aliphatic carbocycles. The average molecular weight is 401 g/mol. The first-order chi connectivity index (χ1) is 13.7. The summed E-state index contributed by atoms with van der Waals surface area (Å²) in [6.07, 6.45) is 4.84. The van der Waals surface area contributed by atoms with E-state index in [1.165, 1.54) is 11.3 Å². The molecule has 0 fully saturated rings. The Morgan fingerprint density at radius 3 is 2.96 bits per heavy atom. The van der Waals surface area contributed by atoms with Crippen LogP contribution in [0.15, 0.2) is 18.2 Å². The first-order valence-corrected chi connectivity index (χ1v) is 10.5. The van der Waals surface area contributed by atoms with Crippen LogP contribution in [0.3, 0.4) is 0 Å². The summed E-state index contributed by atoms with van der Waals surface area (Å²) in [6, 6.07) is 5.07. The molecule has 0 saturated carbocycles. The van der Waals surface area contributed by atoms with Gasteiger partial charge in [-0.1, -0.05) is 19.8 Å². The molecule has 1 aromatic heterocycles. The molecule has 2 aliphatic rings. The predicted octanol–water partition coefficient (Wildman–Crippen LogP) is 3.46. The summed E-state index contributed by atoms with van der Waals surface area (Å²) in [5, 5.41) is 6.38. The molecule has 2 aromatic rings.